The molecule has 1 aromatic heterocycles. The summed E-state index contributed by atoms with van der Waals surface area (Å²) in [5.41, 5.74) is 5.69. The van der Waals surface area contributed by atoms with Crippen LogP contribution in [0.25, 0.3) is 22.5 Å². The Hall–Kier alpha value is -2.55. The van der Waals surface area contributed by atoms with Crippen LogP contribution in [0.15, 0.2) is 54.6 Å². The molecule has 0 spiro atoms. The van der Waals surface area contributed by atoms with E-state index in [2.05, 4.69) is 58.7 Å². The molecule has 23 heavy (non-hydrogen) atoms. The van der Waals surface area contributed by atoms with Gasteiger partial charge in [0.15, 0.2) is 5.82 Å². The lowest BCUT2D eigenvalue weighted by atomic mass is 10.0. The molecule has 0 saturated carbocycles. The third kappa shape index (κ3) is 3.00. The summed E-state index contributed by atoms with van der Waals surface area (Å²) in [7, 11) is 0. The van der Waals surface area contributed by atoms with E-state index in [1.54, 1.807) is 0 Å². The Labute approximate surface area is 136 Å². The Balaban J connectivity index is 1.65. The number of benzene rings is 2. The van der Waals surface area contributed by atoms with Crippen LogP contribution in [-0.2, 0) is 12.8 Å². The van der Waals surface area contributed by atoms with Gasteiger partial charge < -0.3 is 0 Å². The normalized spacial score (nSPS) is 14.1. The van der Waals surface area contributed by atoms with Crippen LogP contribution in [0.2, 0.25) is 0 Å². The van der Waals surface area contributed by atoms with Crippen molar-refractivity contribution in [2.24, 2.45) is 0 Å². The molecule has 0 bridgehead atoms. The largest absolute Gasteiger partial charge is 0.230 e. The van der Waals surface area contributed by atoms with Crippen LogP contribution in [0.3, 0.4) is 0 Å². The first-order valence-corrected chi connectivity index (χ1v) is 8.28. The van der Waals surface area contributed by atoms with Gasteiger partial charge >= 0.3 is 0 Å². The summed E-state index contributed by atoms with van der Waals surface area (Å²) in [6, 6.07) is 18.8. The zero-order valence-electron chi connectivity index (χ0n) is 13.1. The summed E-state index contributed by atoms with van der Waals surface area (Å²) in [6.45, 7) is 0. The van der Waals surface area contributed by atoms with Crippen LogP contribution >= 0.6 is 0 Å². The zero-order valence-corrected chi connectivity index (χ0v) is 13.1. The summed E-state index contributed by atoms with van der Waals surface area (Å²) in [5, 5.41) is 8.77. The van der Waals surface area contributed by atoms with Crippen LogP contribution in [0.1, 0.15) is 30.7 Å². The molecule has 114 valence electrons. The van der Waals surface area contributed by atoms with Gasteiger partial charge in [0.2, 0.25) is 0 Å². The highest BCUT2D eigenvalue weighted by molar-refractivity contribution is 5.67. The molecule has 1 aliphatic rings. The summed E-state index contributed by atoms with van der Waals surface area (Å²) in [4.78, 5) is 4.77. The van der Waals surface area contributed by atoms with E-state index in [0.717, 1.165) is 35.6 Å². The molecule has 2 aromatic carbocycles. The van der Waals surface area contributed by atoms with Gasteiger partial charge in [-0.05, 0) is 36.8 Å². The quantitative estimate of drug-likeness (QED) is 0.655. The number of hydrogen-bond donors (Lipinski definition) is 0. The molecule has 0 atom stereocenters. The lowest BCUT2D eigenvalue weighted by molar-refractivity contribution is 0.705. The number of aryl methyl sites for hydroxylation is 2. The molecule has 3 aromatic rings. The molecule has 3 nitrogen and oxygen atoms in total. The summed E-state index contributed by atoms with van der Waals surface area (Å²) in [5.74, 6) is 0.741. The summed E-state index contributed by atoms with van der Waals surface area (Å²) in [6.07, 6.45) is 5.72. The van der Waals surface area contributed by atoms with E-state index in [1.807, 2.05) is 6.07 Å². The number of hydrogen-bond acceptors (Lipinski definition) is 3. The van der Waals surface area contributed by atoms with Gasteiger partial charge in [-0.3, -0.25) is 0 Å². The maximum atomic E-state index is 4.77. The number of aromatic nitrogens is 3. The van der Waals surface area contributed by atoms with E-state index in [9.17, 15) is 0 Å². The lowest BCUT2D eigenvalue weighted by Crippen LogP contribution is -2.04. The minimum absolute atomic E-state index is 0.741. The highest BCUT2D eigenvalue weighted by Gasteiger charge is 2.13. The monoisotopic (exact) mass is 301 g/mol. The first-order chi connectivity index (χ1) is 11.4. The van der Waals surface area contributed by atoms with E-state index in [0.29, 0.717) is 0 Å². The predicted octanol–water partition coefficient (Wildman–Crippen LogP) is 4.47. The van der Waals surface area contributed by atoms with Crippen molar-refractivity contribution in [1.82, 2.24) is 15.2 Å². The first-order valence-electron chi connectivity index (χ1n) is 8.28. The molecular formula is C20H19N3. The minimum Gasteiger partial charge on any atom is -0.230 e. The van der Waals surface area contributed by atoms with Gasteiger partial charge in [-0.15, -0.1) is 5.10 Å². The Kier molecular flexibility index (Phi) is 3.85. The molecule has 1 heterocycles. The van der Waals surface area contributed by atoms with Crippen molar-refractivity contribution in [2.45, 2.75) is 32.1 Å². The molecule has 4 rings (SSSR count). The molecule has 0 aliphatic heterocycles. The topological polar surface area (TPSA) is 38.7 Å². The molecule has 0 unspecified atom stereocenters. The number of nitrogens with zero attached hydrogens (tertiary/aromatic N) is 3. The van der Waals surface area contributed by atoms with Crippen molar-refractivity contribution in [2.75, 3.05) is 0 Å². The number of rotatable bonds is 2. The van der Waals surface area contributed by atoms with Crippen LogP contribution in [-0.4, -0.2) is 15.2 Å². The van der Waals surface area contributed by atoms with Gasteiger partial charge in [0.1, 0.15) is 0 Å². The van der Waals surface area contributed by atoms with E-state index in [-0.39, 0.29) is 0 Å². The van der Waals surface area contributed by atoms with Crippen molar-refractivity contribution < 1.29 is 0 Å². The Morgan fingerprint density at radius 1 is 0.565 bits per heavy atom. The molecular weight excluding hydrogens is 282 g/mol. The second-order valence-electron chi connectivity index (χ2n) is 6.03. The van der Waals surface area contributed by atoms with Gasteiger partial charge in [0, 0.05) is 5.56 Å². The van der Waals surface area contributed by atoms with Crippen molar-refractivity contribution in [3.63, 3.8) is 0 Å². The highest BCUT2D eigenvalue weighted by atomic mass is 15.2. The average molecular weight is 301 g/mol. The van der Waals surface area contributed by atoms with Crippen LogP contribution in [0, 0.1) is 0 Å². The second-order valence-corrected chi connectivity index (χ2v) is 6.03. The number of fused-ring (bicyclic) bond motifs is 1. The molecule has 0 amide bonds. The Morgan fingerprint density at radius 2 is 1.22 bits per heavy atom. The van der Waals surface area contributed by atoms with E-state index >= 15 is 0 Å². The van der Waals surface area contributed by atoms with Gasteiger partial charge in [-0.1, -0.05) is 61.0 Å². The van der Waals surface area contributed by atoms with Gasteiger partial charge in [-0.2, -0.15) is 5.10 Å². The van der Waals surface area contributed by atoms with Crippen LogP contribution < -0.4 is 0 Å². The van der Waals surface area contributed by atoms with E-state index < -0.39 is 0 Å². The van der Waals surface area contributed by atoms with Crippen molar-refractivity contribution >= 4 is 0 Å². The predicted molar refractivity (Wildman–Crippen MR) is 92.0 cm³/mol. The molecule has 0 fully saturated rings. The van der Waals surface area contributed by atoms with Crippen LogP contribution in [0.4, 0.5) is 0 Å². The van der Waals surface area contributed by atoms with Gasteiger partial charge in [0.05, 0.1) is 11.4 Å². The van der Waals surface area contributed by atoms with Gasteiger partial charge in [-0.25, -0.2) is 4.98 Å². The fourth-order valence-electron chi connectivity index (χ4n) is 3.10. The average Bonchev–Trinajstić information content (AvgIpc) is 2.87. The van der Waals surface area contributed by atoms with Crippen LogP contribution in [0.5, 0.6) is 0 Å². The molecule has 1 aliphatic carbocycles. The zero-order chi connectivity index (χ0) is 15.5. The molecule has 0 saturated heterocycles. The standard InChI is InChI=1S/C20H19N3/c1-3-7-15(8-4-1)16-11-13-17(14-12-16)20-21-18-9-5-2-6-10-19(18)22-23-20/h1,3-4,7-8,11-14H,2,5-6,9-10H2. The highest BCUT2D eigenvalue weighted by Crippen LogP contribution is 2.24. The maximum Gasteiger partial charge on any atom is 0.182 e. The third-order valence-corrected chi connectivity index (χ3v) is 4.42. The summed E-state index contributed by atoms with van der Waals surface area (Å²) >= 11 is 0. The fraction of sp³-hybridized carbons (Fsp3) is 0.250. The maximum absolute atomic E-state index is 4.77. The second kappa shape index (κ2) is 6.29. The smallest absolute Gasteiger partial charge is 0.182 e. The SMILES string of the molecule is c1ccc(-c2ccc(-c3nnc4c(n3)CCCCC4)cc2)cc1. The van der Waals surface area contributed by atoms with E-state index in [4.69, 9.17) is 4.98 Å². The Morgan fingerprint density at radius 3 is 2.00 bits per heavy atom. The Bertz CT molecular complexity index is 795. The minimum atomic E-state index is 0.741. The summed E-state index contributed by atoms with van der Waals surface area (Å²) < 4.78 is 0. The lowest BCUT2D eigenvalue weighted by Gasteiger charge is -2.07. The van der Waals surface area contributed by atoms with Crippen molar-refractivity contribution in [3.8, 4) is 22.5 Å². The van der Waals surface area contributed by atoms with Crippen molar-refractivity contribution in [3.05, 3.63) is 66.0 Å². The van der Waals surface area contributed by atoms with E-state index in [1.165, 1.54) is 30.4 Å². The van der Waals surface area contributed by atoms with Gasteiger partial charge in [0.25, 0.3) is 0 Å². The molecule has 3 heteroatoms. The van der Waals surface area contributed by atoms with Crippen molar-refractivity contribution in [1.29, 1.82) is 0 Å². The fourth-order valence-corrected chi connectivity index (χ4v) is 3.10. The first kappa shape index (κ1) is 14.1. The molecule has 0 N–H and O–H groups in total. The third-order valence-electron chi connectivity index (χ3n) is 4.42. The molecule has 0 radical (unpaired) electrons.